The van der Waals surface area contributed by atoms with E-state index in [0.29, 0.717) is 75.4 Å². The molecule has 0 amide bonds. The molecule has 0 saturated carbocycles. The average molecular weight is 706 g/mol. The Balaban J connectivity index is 1.39. The second-order valence-electron chi connectivity index (χ2n) is 11.1. The van der Waals surface area contributed by atoms with Crippen molar-refractivity contribution < 1.29 is 46.1 Å². The highest BCUT2D eigenvalue weighted by Crippen LogP contribution is 2.43. The van der Waals surface area contributed by atoms with E-state index < -0.39 is 24.7 Å². The zero-order valence-electron chi connectivity index (χ0n) is 25.6. The van der Waals surface area contributed by atoms with Crippen LogP contribution in [0.3, 0.4) is 0 Å². The van der Waals surface area contributed by atoms with E-state index in [0.717, 1.165) is 5.39 Å². The fraction of sp³-hybridized carbons (Fsp3) is 0.303. The van der Waals surface area contributed by atoms with E-state index in [1.807, 2.05) is 0 Å². The topological polar surface area (TPSA) is 93.8 Å². The number of aryl methyl sites for hydroxylation is 2. The second-order valence-corrected chi connectivity index (χ2v) is 12.0. The number of carbonyl (C=O) groups is 2. The molecule has 0 fully saturated rings. The van der Waals surface area contributed by atoms with Crippen LogP contribution in [0.1, 0.15) is 33.9 Å². The number of fused-ring (bicyclic) bond motifs is 3. The van der Waals surface area contributed by atoms with Crippen LogP contribution in [0.25, 0.3) is 32.8 Å². The molecule has 0 N–H and O–H groups in total. The van der Waals surface area contributed by atoms with Gasteiger partial charge < -0.3 is 23.5 Å². The number of nitrogens with zero attached hydrogens (tertiary/aromatic N) is 3. The predicted octanol–water partition coefficient (Wildman–Crippen LogP) is 7.44. The van der Waals surface area contributed by atoms with Crippen molar-refractivity contribution in [3.05, 3.63) is 75.9 Å². The van der Waals surface area contributed by atoms with E-state index in [-0.39, 0.29) is 35.4 Å². The molecule has 0 saturated heterocycles. The molecule has 3 heterocycles. The number of carbonyl (C=O) groups excluding carboxylic acids is 2. The predicted molar refractivity (Wildman–Crippen MR) is 171 cm³/mol. The summed E-state index contributed by atoms with van der Waals surface area (Å²) in [5.41, 5.74) is 2.71. The number of thiol groups is 1. The molecule has 1 aliphatic heterocycles. The van der Waals surface area contributed by atoms with Crippen LogP contribution >= 0.6 is 24.2 Å². The summed E-state index contributed by atoms with van der Waals surface area (Å²) in [4.78, 5) is 25.4. The minimum atomic E-state index is -5.19. The number of alkyl halides is 3. The summed E-state index contributed by atoms with van der Waals surface area (Å²) in [6.45, 7) is 2.20. The van der Waals surface area contributed by atoms with Crippen molar-refractivity contribution in [3.63, 3.8) is 0 Å². The van der Waals surface area contributed by atoms with E-state index in [1.54, 1.807) is 46.5 Å². The summed E-state index contributed by atoms with van der Waals surface area (Å²) in [7, 11) is 1.26. The molecule has 5 aromatic rings. The monoisotopic (exact) mass is 705 g/mol. The van der Waals surface area contributed by atoms with Crippen molar-refractivity contribution in [2.24, 2.45) is 0 Å². The van der Waals surface area contributed by atoms with Crippen LogP contribution in [0.2, 0.25) is 5.02 Å². The summed E-state index contributed by atoms with van der Waals surface area (Å²) in [6, 6.07) is 11.2. The van der Waals surface area contributed by atoms with Gasteiger partial charge in [-0.2, -0.15) is 18.3 Å². The number of esters is 2. The molecule has 0 spiro atoms. The van der Waals surface area contributed by atoms with Crippen molar-refractivity contribution in [3.8, 4) is 16.9 Å². The molecule has 0 unspecified atom stereocenters. The maximum absolute atomic E-state index is 13.8. The summed E-state index contributed by atoms with van der Waals surface area (Å²) >= 11 is 11.2. The molecule has 3 aromatic carbocycles. The van der Waals surface area contributed by atoms with E-state index in [4.69, 9.17) is 25.8 Å². The first-order valence-corrected chi connectivity index (χ1v) is 15.6. The molecule has 6 rings (SSSR count). The highest BCUT2D eigenvalue weighted by Gasteiger charge is 2.41. The van der Waals surface area contributed by atoms with Crippen LogP contribution in [-0.2, 0) is 45.3 Å². The molecule has 9 nitrogen and oxygen atoms in total. The number of aromatic nitrogens is 3. The van der Waals surface area contributed by atoms with Gasteiger partial charge in [0.15, 0.2) is 0 Å². The Bertz CT molecular complexity index is 2070. The van der Waals surface area contributed by atoms with Crippen LogP contribution in [0.4, 0.5) is 17.6 Å². The summed E-state index contributed by atoms with van der Waals surface area (Å²) in [5, 5.41) is 6.60. The van der Waals surface area contributed by atoms with Crippen LogP contribution < -0.4 is 4.74 Å². The van der Waals surface area contributed by atoms with Gasteiger partial charge in [-0.3, -0.25) is 4.68 Å². The molecule has 0 radical (unpaired) electrons. The molecular formula is C33H28ClF4N3O6S. The first kappa shape index (κ1) is 33.6. The van der Waals surface area contributed by atoms with Gasteiger partial charge in [0.05, 0.1) is 39.2 Å². The maximum atomic E-state index is 13.8. The van der Waals surface area contributed by atoms with Crippen molar-refractivity contribution in [2.75, 3.05) is 20.3 Å². The van der Waals surface area contributed by atoms with E-state index in [2.05, 4.69) is 22.5 Å². The van der Waals surface area contributed by atoms with Gasteiger partial charge >= 0.3 is 18.1 Å². The van der Waals surface area contributed by atoms with Gasteiger partial charge in [-0.25, -0.2) is 14.0 Å². The first-order valence-electron chi connectivity index (χ1n) is 14.7. The minimum absolute atomic E-state index is 0.0567. The lowest BCUT2D eigenvalue weighted by Gasteiger charge is -2.17. The quantitative estimate of drug-likeness (QED) is 0.0738. The molecular weight excluding hydrogens is 678 g/mol. The Kier molecular flexibility index (Phi) is 9.33. The molecule has 2 aromatic heterocycles. The Morgan fingerprint density at radius 1 is 1.12 bits per heavy atom. The van der Waals surface area contributed by atoms with Gasteiger partial charge in [0.2, 0.25) is 0 Å². The van der Waals surface area contributed by atoms with E-state index in [1.165, 1.54) is 19.2 Å². The van der Waals surface area contributed by atoms with Crippen LogP contribution in [-0.4, -0.2) is 52.8 Å². The maximum Gasteiger partial charge on any atom is 0.490 e. The lowest BCUT2D eigenvalue weighted by molar-refractivity contribution is -0.201. The van der Waals surface area contributed by atoms with Gasteiger partial charge in [-0.05, 0) is 66.8 Å². The highest BCUT2D eigenvalue weighted by atomic mass is 35.5. The number of hydrogen-bond acceptors (Lipinski definition) is 8. The molecule has 1 aliphatic rings. The number of methoxy groups -OCH3 is 1. The molecule has 15 heteroatoms. The summed E-state index contributed by atoms with van der Waals surface area (Å²) in [5.74, 6) is -2.81. The van der Waals surface area contributed by atoms with Crippen LogP contribution in [0, 0.1) is 12.7 Å². The Hall–Kier alpha value is -4.27. The van der Waals surface area contributed by atoms with Gasteiger partial charge in [0.1, 0.15) is 29.6 Å². The molecule has 48 heavy (non-hydrogen) atoms. The lowest BCUT2D eigenvalue weighted by atomic mass is 9.96. The molecule has 0 aliphatic carbocycles. The molecule has 252 valence electrons. The third-order valence-corrected chi connectivity index (χ3v) is 8.66. The third kappa shape index (κ3) is 6.31. The highest BCUT2D eigenvalue weighted by molar-refractivity contribution is 7.80. The van der Waals surface area contributed by atoms with Crippen molar-refractivity contribution in [2.45, 2.75) is 50.7 Å². The van der Waals surface area contributed by atoms with Gasteiger partial charge in [-0.15, -0.1) is 12.6 Å². The van der Waals surface area contributed by atoms with Crippen molar-refractivity contribution >= 4 is 57.8 Å². The number of halogens is 5. The van der Waals surface area contributed by atoms with Crippen molar-refractivity contribution in [1.82, 2.24) is 14.3 Å². The fourth-order valence-corrected chi connectivity index (χ4v) is 6.58. The van der Waals surface area contributed by atoms with Crippen molar-refractivity contribution in [1.29, 1.82) is 0 Å². The van der Waals surface area contributed by atoms with Gasteiger partial charge in [-0.1, -0.05) is 11.6 Å². The lowest BCUT2D eigenvalue weighted by Crippen LogP contribution is -2.25. The largest absolute Gasteiger partial charge is 0.493 e. The third-order valence-electron chi connectivity index (χ3n) is 8.09. The smallest absolute Gasteiger partial charge is 0.490 e. The Morgan fingerprint density at radius 3 is 2.67 bits per heavy atom. The number of hydrogen-bond donors (Lipinski definition) is 1. The summed E-state index contributed by atoms with van der Waals surface area (Å²) < 4.78 is 77.7. The standard InChI is InChI=1S/C33H28ClF4N3O6S/c1-17-27-24(7-6-22(34)28(27)29-23(15-47-32(43)33(36,37)38)39-41-9-11-45-16-25(29)41)40(30(17)31(42)44-2)8-3-10-46-26-14-20(48)13-18-12-19(35)4-5-21(18)26/h4-7,12-14,48H,3,8-11,15-16H2,1-2H3. The van der Waals surface area contributed by atoms with Crippen LogP contribution in [0.15, 0.2) is 47.4 Å². The minimum Gasteiger partial charge on any atom is -0.493 e. The van der Waals surface area contributed by atoms with E-state index >= 15 is 0 Å². The fourth-order valence-electron chi connectivity index (χ4n) is 6.07. The summed E-state index contributed by atoms with van der Waals surface area (Å²) in [6.07, 6.45) is -4.76. The Labute approximate surface area is 281 Å². The second kappa shape index (κ2) is 13.3. The first-order chi connectivity index (χ1) is 22.9. The number of ether oxygens (including phenoxy) is 4. The molecule has 0 atom stereocenters. The zero-order chi connectivity index (χ0) is 34.3. The van der Waals surface area contributed by atoms with Crippen LogP contribution in [0.5, 0.6) is 5.75 Å². The Morgan fingerprint density at radius 2 is 1.92 bits per heavy atom. The number of benzene rings is 3. The number of rotatable bonds is 9. The van der Waals surface area contributed by atoms with E-state index in [9.17, 15) is 27.2 Å². The van der Waals surface area contributed by atoms with Gasteiger partial charge in [0, 0.05) is 43.9 Å². The van der Waals surface area contributed by atoms with Gasteiger partial charge in [0.25, 0.3) is 0 Å². The SMILES string of the molecule is COC(=O)c1c(C)c2c(-c3c(COC(=O)C(F)(F)F)nn4c3COCC4)c(Cl)ccc2n1CCCOc1cc(S)cc2cc(F)ccc12. The zero-order valence-corrected chi connectivity index (χ0v) is 27.3. The molecule has 0 bridgehead atoms. The normalized spacial score (nSPS) is 13.2. The average Bonchev–Trinajstić information content (AvgIpc) is 3.55.